The lowest BCUT2D eigenvalue weighted by Gasteiger charge is -2.51. The number of benzene rings is 1. The number of sulfone groups is 1. The summed E-state index contributed by atoms with van der Waals surface area (Å²) in [4.78, 5) is 18.6. The Morgan fingerprint density at radius 2 is 1.82 bits per heavy atom. The molecule has 3 heterocycles. The van der Waals surface area contributed by atoms with Crippen LogP contribution in [0, 0.1) is 17.6 Å². The fraction of sp³-hybridized carbons (Fsp3) is 0.632. The van der Waals surface area contributed by atoms with Crippen LogP contribution in [0.5, 0.6) is 0 Å². The molecule has 1 aromatic carbocycles. The van der Waals surface area contributed by atoms with Crippen LogP contribution in [0.3, 0.4) is 0 Å². The molecule has 28 heavy (non-hydrogen) atoms. The van der Waals surface area contributed by atoms with Crippen molar-refractivity contribution < 1.29 is 22.0 Å². The van der Waals surface area contributed by atoms with Crippen LogP contribution in [0.4, 0.5) is 8.78 Å². The SMILES string of the molecule is CN1CCN(CC2CCS(=O)(=O)C23CN(C(=O)c2ccc(F)c(F)c2)C3)CC1. The lowest BCUT2D eigenvalue weighted by atomic mass is 9.82. The molecule has 0 aromatic heterocycles. The summed E-state index contributed by atoms with van der Waals surface area (Å²) in [6, 6.07) is 3.02. The van der Waals surface area contributed by atoms with E-state index in [2.05, 4.69) is 16.8 Å². The Hall–Kier alpha value is -1.58. The Labute approximate surface area is 164 Å². The van der Waals surface area contributed by atoms with E-state index < -0.39 is 32.1 Å². The number of amides is 1. The number of likely N-dealkylation sites (N-methyl/N-ethyl adjacent to an activating group) is 1. The smallest absolute Gasteiger partial charge is 0.254 e. The topological polar surface area (TPSA) is 60.9 Å². The van der Waals surface area contributed by atoms with Gasteiger partial charge in [-0.3, -0.25) is 4.79 Å². The van der Waals surface area contributed by atoms with Crippen molar-refractivity contribution in [2.45, 2.75) is 11.2 Å². The molecule has 1 atom stereocenters. The summed E-state index contributed by atoms with van der Waals surface area (Å²) in [6.07, 6.45) is 0.613. The first kappa shape index (κ1) is 19.7. The van der Waals surface area contributed by atoms with E-state index >= 15 is 0 Å². The highest BCUT2D eigenvalue weighted by Crippen LogP contribution is 2.45. The maximum atomic E-state index is 13.4. The van der Waals surface area contributed by atoms with Gasteiger partial charge in [0.05, 0.1) is 5.75 Å². The Kier molecular flexibility index (Phi) is 4.96. The zero-order valence-corrected chi connectivity index (χ0v) is 16.7. The van der Waals surface area contributed by atoms with Gasteiger partial charge in [-0.15, -0.1) is 0 Å². The zero-order chi connectivity index (χ0) is 20.1. The molecule has 6 nitrogen and oxygen atoms in total. The number of carbonyl (C=O) groups excluding carboxylic acids is 1. The van der Waals surface area contributed by atoms with Gasteiger partial charge < -0.3 is 14.7 Å². The predicted molar refractivity (Wildman–Crippen MR) is 101 cm³/mol. The van der Waals surface area contributed by atoms with Crippen LogP contribution in [-0.4, -0.2) is 92.4 Å². The molecule has 154 valence electrons. The van der Waals surface area contributed by atoms with Gasteiger partial charge >= 0.3 is 0 Å². The molecule has 0 N–H and O–H groups in total. The molecule has 1 spiro atoms. The van der Waals surface area contributed by atoms with E-state index in [4.69, 9.17) is 0 Å². The number of hydrogen-bond acceptors (Lipinski definition) is 5. The van der Waals surface area contributed by atoms with Crippen LogP contribution < -0.4 is 0 Å². The molecule has 4 rings (SSSR count). The second kappa shape index (κ2) is 7.03. The summed E-state index contributed by atoms with van der Waals surface area (Å²) < 4.78 is 51.3. The molecular formula is C19H25F2N3O3S. The maximum Gasteiger partial charge on any atom is 0.254 e. The highest BCUT2D eigenvalue weighted by molar-refractivity contribution is 7.93. The predicted octanol–water partition coefficient (Wildman–Crippen LogP) is 0.842. The molecule has 1 aromatic rings. The van der Waals surface area contributed by atoms with Gasteiger partial charge in [-0.2, -0.15) is 0 Å². The number of nitrogens with zero attached hydrogens (tertiary/aromatic N) is 3. The Balaban J connectivity index is 1.47. The van der Waals surface area contributed by atoms with Crippen LogP contribution in [0.1, 0.15) is 16.8 Å². The molecule has 3 aliphatic heterocycles. The molecule has 9 heteroatoms. The number of likely N-dealkylation sites (tertiary alicyclic amines) is 1. The van der Waals surface area contributed by atoms with E-state index in [1.807, 2.05) is 0 Å². The van der Waals surface area contributed by atoms with Crippen molar-refractivity contribution in [2.75, 3.05) is 58.6 Å². The van der Waals surface area contributed by atoms with Crippen LogP contribution >= 0.6 is 0 Å². The molecule has 3 fully saturated rings. The third-order valence-corrected chi connectivity index (χ3v) is 9.15. The summed E-state index contributed by atoms with van der Waals surface area (Å²) in [5.74, 6) is -2.40. The maximum absolute atomic E-state index is 13.4. The fourth-order valence-corrected chi connectivity index (χ4v) is 7.03. The average molecular weight is 413 g/mol. The second-order valence-corrected chi connectivity index (χ2v) is 10.7. The number of hydrogen-bond donors (Lipinski definition) is 0. The normalized spacial score (nSPS) is 27.1. The van der Waals surface area contributed by atoms with Crippen molar-refractivity contribution in [2.24, 2.45) is 5.92 Å². The van der Waals surface area contributed by atoms with Gasteiger partial charge in [0, 0.05) is 51.4 Å². The van der Waals surface area contributed by atoms with Crippen LogP contribution in [0.25, 0.3) is 0 Å². The number of carbonyl (C=O) groups is 1. The number of halogens is 2. The van der Waals surface area contributed by atoms with Crippen molar-refractivity contribution in [1.82, 2.24) is 14.7 Å². The Morgan fingerprint density at radius 1 is 1.14 bits per heavy atom. The van der Waals surface area contributed by atoms with Gasteiger partial charge in [0.2, 0.25) is 0 Å². The number of rotatable bonds is 3. The first-order valence-corrected chi connectivity index (χ1v) is 11.2. The summed E-state index contributed by atoms with van der Waals surface area (Å²) in [5, 5.41) is 0. The molecule has 0 bridgehead atoms. The minimum Gasteiger partial charge on any atom is -0.335 e. The van der Waals surface area contributed by atoms with Gasteiger partial charge in [-0.1, -0.05) is 0 Å². The third kappa shape index (κ3) is 3.23. The van der Waals surface area contributed by atoms with Crippen LogP contribution in [0.15, 0.2) is 18.2 Å². The third-order valence-electron chi connectivity index (χ3n) is 6.54. The van der Waals surface area contributed by atoms with Gasteiger partial charge in [0.1, 0.15) is 4.75 Å². The van der Waals surface area contributed by atoms with Gasteiger partial charge in [-0.25, -0.2) is 17.2 Å². The first-order valence-electron chi connectivity index (χ1n) is 9.59. The monoisotopic (exact) mass is 413 g/mol. The van der Waals surface area contributed by atoms with Gasteiger partial charge in [0.15, 0.2) is 21.5 Å². The summed E-state index contributed by atoms with van der Waals surface area (Å²) in [6.45, 7) is 4.75. The Bertz CT molecular complexity index is 878. The molecule has 3 aliphatic rings. The molecule has 0 aliphatic carbocycles. The van der Waals surface area contributed by atoms with E-state index in [1.165, 1.54) is 11.0 Å². The molecule has 3 saturated heterocycles. The van der Waals surface area contributed by atoms with Gasteiger partial charge in [0.25, 0.3) is 5.91 Å². The van der Waals surface area contributed by atoms with E-state index in [1.54, 1.807) is 0 Å². The highest BCUT2D eigenvalue weighted by atomic mass is 32.2. The standard InChI is InChI=1S/C19H25F2N3O3S/c1-22-5-7-23(8-6-22)11-15-4-9-28(26,27)19(15)12-24(13-19)18(25)14-2-3-16(20)17(21)10-14/h2-3,10,15H,4-9,11-13H2,1H3. The van der Waals surface area contributed by atoms with Crippen LogP contribution in [0.2, 0.25) is 0 Å². The first-order chi connectivity index (χ1) is 13.2. The van der Waals surface area contributed by atoms with Crippen molar-refractivity contribution in [3.8, 4) is 0 Å². The molecule has 1 amide bonds. The lowest BCUT2D eigenvalue weighted by Crippen LogP contribution is -2.69. The van der Waals surface area contributed by atoms with Crippen molar-refractivity contribution in [3.63, 3.8) is 0 Å². The molecule has 1 unspecified atom stereocenters. The fourth-order valence-electron chi connectivity index (χ4n) is 4.63. The van der Waals surface area contributed by atoms with Crippen molar-refractivity contribution in [3.05, 3.63) is 35.4 Å². The molecule has 0 saturated carbocycles. The molecular weight excluding hydrogens is 388 g/mol. The van der Waals surface area contributed by atoms with E-state index in [0.29, 0.717) is 6.42 Å². The van der Waals surface area contributed by atoms with Crippen LogP contribution in [-0.2, 0) is 9.84 Å². The second-order valence-electron chi connectivity index (χ2n) is 8.26. The zero-order valence-electron chi connectivity index (χ0n) is 15.9. The summed E-state index contributed by atoms with van der Waals surface area (Å²) >= 11 is 0. The quantitative estimate of drug-likeness (QED) is 0.735. The van der Waals surface area contributed by atoms with Gasteiger partial charge in [-0.05, 0) is 37.6 Å². The van der Waals surface area contributed by atoms with Crippen molar-refractivity contribution >= 4 is 15.7 Å². The minimum absolute atomic E-state index is 0.00471. The molecule has 0 radical (unpaired) electrons. The van der Waals surface area contributed by atoms with E-state index in [0.717, 1.165) is 44.9 Å². The largest absolute Gasteiger partial charge is 0.335 e. The van der Waals surface area contributed by atoms with Crippen molar-refractivity contribution in [1.29, 1.82) is 0 Å². The Morgan fingerprint density at radius 3 is 2.46 bits per heavy atom. The van der Waals surface area contributed by atoms with E-state index in [-0.39, 0.29) is 30.3 Å². The van der Waals surface area contributed by atoms with E-state index in [9.17, 15) is 22.0 Å². The summed E-state index contributed by atoms with van der Waals surface area (Å²) in [5.41, 5.74) is 0.0414. The highest BCUT2D eigenvalue weighted by Gasteiger charge is 2.62. The minimum atomic E-state index is -3.29. The lowest BCUT2D eigenvalue weighted by molar-refractivity contribution is 0.0390. The number of piperazine rings is 1. The summed E-state index contributed by atoms with van der Waals surface area (Å²) in [7, 11) is -1.21. The average Bonchev–Trinajstić information content (AvgIpc) is 2.88.